The van der Waals surface area contributed by atoms with Crippen LogP contribution in [0.5, 0.6) is 11.5 Å². The molecule has 0 aromatic heterocycles. The van der Waals surface area contributed by atoms with E-state index in [0.29, 0.717) is 6.79 Å². The lowest BCUT2D eigenvalue weighted by atomic mass is 10.1. The molecule has 5 nitrogen and oxygen atoms in total. The summed E-state index contributed by atoms with van der Waals surface area (Å²) in [4.78, 5) is 0. The van der Waals surface area contributed by atoms with Crippen molar-refractivity contribution >= 4 is 0 Å². The number of ether oxygens (including phenoxy) is 3. The van der Waals surface area contributed by atoms with Crippen LogP contribution < -0.4 is 14.9 Å². The van der Waals surface area contributed by atoms with Crippen molar-refractivity contribution in [1.82, 2.24) is 10.4 Å². The Morgan fingerprint density at radius 2 is 1.94 bits per heavy atom. The molecule has 98 valence electrons. The predicted octanol–water partition coefficient (Wildman–Crippen LogP) is 1.31. The molecule has 1 saturated heterocycles. The van der Waals surface area contributed by atoms with Gasteiger partial charge in [-0.15, -0.1) is 0 Å². The molecule has 1 atom stereocenters. The van der Waals surface area contributed by atoms with Gasteiger partial charge in [0.2, 0.25) is 6.79 Å². The first-order valence-electron chi connectivity index (χ1n) is 6.31. The summed E-state index contributed by atoms with van der Waals surface area (Å²) in [6, 6.07) is 6.33. The van der Waals surface area contributed by atoms with Crippen molar-refractivity contribution in [2.24, 2.45) is 0 Å². The molecule has 1 aromatic carbocycles. The highest BCUT2D eigenvalue weighted by atomic mass is 16.7. The molecule has 5 heteroatoms. The summed E-state index contributed by atoms with van der Waals surface area (Å²) in [6.07, 6.45) is 0. The lowest BCUT2D eigenvalue weighted by Crippen LogP contribution is -2.46. The topological polar surface area (TPSA) is 43.0 Å². The summed E-state index contributed by atoms with van der Waals surface area (Å²) < 4.78 is 16.0. The number of fused-ring (bicyclic) bond motifs is 1. The van der Waals surface area contributed by atoms with E-state index in [1.807, 2.05) is 12.1 Å². The smallest absolute Gasteiger partial charge is 0.231 e. The lowest BCUT2D eigenvalue weighted by Gasteiger charge is -2.30. The third-order valence-corrected chi connectivity index (χ3v) is 3.28. The first-order valence-corrected chi connectivity index (χ1v) is 6.31. The van der Waals surface area contributed by atoms with Gasteiger partial charge < -0.3 is 14.2 Å². The zero-order chi connectivity index (χ0) is 12.4. The van der Waals surface area contributed by atoms with E-state index in [-0.39, 0.29) is 6.04 Å². The van der Waals surface area contributed by atoms with Gasteiger partial charge in [-0.2, -0.15) is 0 Å². The first kappa shape index (κ1) is 11.8. The number of hydrogen-bond acceptors (Lipinski definition) is 5. The molecule has 1 fully saturated rings. The van der Waals surface area contributed by atoms with Crippen molar-refractivity contribution in [2.45, 2.75) is 13.0 Å². The fraction of sp³-hybridized carbons (Fsp3) is 0.538. The highest BCUT2D eigenvalue weighted by Crippen LogP contribution is 2.34. The van der Waals surface area contributed by atoms with Crippen LogP contribution in [0.3, 0.4) is 0 Å². The van der Waals surface area contributed by atoms with Crippen molar-refractivity contribution in [3.8, 4) is 11.5 Å². The minimum Gasteiger partial charge on any atom is -0.454 e. The molecule has 0 amide bonds. The maximum Gasteiger partial charge on any atom is 0.231 e. The normalized spacial score (nSPS) is 20.9. The highest BCUT2D eigenvalue weighted by molar-refractivity contribution is 5.45. The number of hydrazine groups is 1. The molecule has 0 aliphatic carbocycles. The number of hydrogen-bond donors (Lipinski definition) is 1. The number of rotatable bonds is 3. The number of benzene rings is 1. The van der Waals surface area contributed by atoms with Crippen LogP contribution in [0.25, 0.3) is 0 Å². The number of nitrogens with zero attached hydrogens (tertiary/aromatic N) is 1. The Labute approximate surface area is 107 Å². The van der Waals surface area contributed by atoms with Gasteiger partial charge in [0, 0.05) is 19.1 Å². The molecular formula is C13H18N2O3. The Morgan fingerprint density at radius 3 is 2.78 bits per heavy atom. The van der Waals surface area contributed by atoms with Crippen LogP contribution in [-0.4, -0.2) is 38.1 Å². The largest absolute Gasteiger partial charge is 0.454 e. The summed E-state index contributed by atoms with van der Waals surface area (Å²) in [6.45, 7) is 5.91. The molecule has 1 unspecified atom stereocenters. The second kappa shape index (κ2) is 5.14. The van der Waals surface area contributed by atoms with Gasteiger partial charge in [0.25, 0.3) is 0 Å². The van der Waals surface area contributed by atoms with Crippen LogP contribution in [0, 0.1) is 0 Å². The van der Waals surface area contributed by atoms with Crippen molar-refractivity contribution in [3.63, 3.8) is 0 Å². The molecule has 18 heavy (non-hydrogen) atoms. The van der Waals surface area contributed by atoms with E-state index in [2.05, 4.69) is 23.4 Å². The van der Waals surface area contributed by atoms with E-state index in [4.69, 9.17) is 14.2 Å². The second-order valence-corrected chi connectivity index (χ2v) is 4.56. The van der Waals surface area contributed by atoms with Crippen molar-refractivity contribution in [1.29, 1.82) is 0 Å². The molecule has 2 aliphatic heterocycles. The van der Waals surface area contributed by atoms with Crippen molar-refractivity contribution in [3.05, 3.63) is 23.8 Å². The van der Waals surface area contributed by atoms with Gasteiger partial charge in [-0.1, -0.05) is 6.07 Å². The van der Waals surface area contributed by atoms with Crippen LogP contribution in [0.2, 0.25) is 0 Å². The van der Waals surface area contributed by atoms with E-state index in [1.54, 1.807) is 0 Å². The van der Waals surface area contributed by atoms with E-state index in [0.717, 1.165) is 37.8 Å². The minimum absolute atomic E-state index is 0.248. The number of nitrogens with one attached hydrogen (secondary N) is 1. The predicted molar refractivity (Wildman–Crippen MR) is 66.5 cm³/mol. The Balaban J connectivity index is 1.66. The van der Waals surface area contributed by atoms with Crippen LogP contribution >= 0.6 is 0 Å². The zero-order valence-electron chi connectivity index (χ0n) is 10.5. The Hall–Kier alpha value is -1.30. The zero-order valence-corrected chi connectivity index (χ0v) is 10.5. The summed E-state index contributed by atoms with van der Waals surface area (Å²) in [5.41, 5.74) is 4.68. The quantitative estimate of drug-likeness (QED) is 0.876. The van der Waals surface area contributed by atoms with Crippen LogP contribution in [0.1, 0.15) is 18.5 Å². The highest BCUT2D eigenvalue weighted by Gasteiger charge is 2.18. The van der Waals surface area contributed by atoms with Gasteiger partial charge in [0.05, 0.1) is 13.2 Å². The SMILES string of the molecule is CC(NN1CCOCC1)c1ccc2c(c1)OCO2. The van der Waals surface area contributed by atoms with E-state index < -0.39 is 0 Å². The maximum atomic E-state index is 5.40. The molecule has 3 rings (SSSR count). The van der Waals surface area contributed by atoms with Gasteiger partial charge in [0.15, 0.2) is 11.5 Å². The average Bonchev–Trinajstić information content (AvgIpc) is 2.87. The van der Waals surface area contributed by atoms with Gasteiger partial charge in [-0.3, -0.25) is 0 Å². The van der Waals surface area contributed by atoms with Crippen LogP contribution in [-0.2, 0) is 4.74 Å². The molecule has 2 aliphatic rings. The molecule has 2 heterocycles. The molecule has 0 radical (unpaired) electrons. The lowest BCUT2D eigenvalue weighted by molar-refractivity contribution is 0.00483. The molecule has 0 saturated carbocycles. The van der Waals surface area contributed by atoms with E-state index in [9.17, 15) is 0 Å². The molecule has 0 spiro atoms. The van der Waals surface area contributed by atoms with E-state index >= 15 is 0 Å². The standard InChI is InChI=1S/C13H18N2O3/c1-10(14-15-4-6-16-7-5-15)11-2-3-12-13(8-11)18-9-17-12/h2-3,8,10,14H,4-7,9H2,1H3. The van der Waals surface area contributed by atoms with Crippen molar-refractivity contribution < 1.29 is 14.2 Å². The summed E-state index contributed by atoms with van der Waals surface area (Å²) in [5, 5.41) is 2.21. The van der Waals surface area contributed by atoms with Crippen LogP contribution in [0.4, 0.5) is 0 Å². The molecule has 1 N–H and O–H groups in total. The number of morpholine rings is 1. The fourth-order valence-electron chi connectivity index (χ4n) is 2.22. The van der Waals surface area contributed by atoms with Crippen molar-refractivity contribution in [2.75, 3.05) is 33.1 Å². The van der Waals surface area contributed by atoms with Crippen LogP contribution in [0.15, 0.2) is 18.2 Å². The first-order chi connectivity index (χ1) is 8.83. The van der Waals surface area contributed by atoms with Gasteiger partial charge in [-0.05, 0) is 24.6 Å². The van der Waals surface area contributed by atoms with Gasteiger partial charge in [0.1, 0.15) is 0 Å². The van der Waals surface area contributed by atoms with Gasteiger partial charge in [-0.25, -0.2) is 10.4 Å². The fourth-order valence-corrected chi connectivity index (χ4v) is 2.22. The minimum atomic E-state index is 0.248. The third-order valence-electron chi connectivity index (χ3n) is 3.28. The average molecular weight is 250 g/mol. The maximum absolute atomic E-state index is 5.40. The second-order valence-electron chi connectivity index (χ2n) is 4.56. The summed E-state index contributed by atoms with van der Waals surface area (Å²) in [7, 11) is 0. The van der Waals surface area contributed by atoms with E-state index in [1.165, 1.54) is 5.56 Å². The molecular weight excluding hydrogens is 232 g/mol. The molecule has 0 bridgehead atoms. The van der Waals surface area contributed by atoms with Gasteiger partial charge >= 0.3 is 0 Å². The Kier molecular flexibility index (Phi) is 3.36. The summed E-state index contributed by atoms with van der Waals surface area (Å²) >= 11 is 0. The molecule has 1 aromatic rings. The Bertz CT molecular complexity index is 419. The summed E-state index contributed by atoms with van der Waals surface area (Å²) in [5.74, 6) is 1.67. The Morgan fingerprint density at radius 1 is 1.17 bits per heavy atom. The monoisotopic (exact) mass is 250 g/mol. The third kappa shape index (κ3) is 2.43.